The number of nitrogens with zero attached hydrogens (tertiary/aromatic N) is 2. The van der Waals surface area contributed by atoms with Gasteiger partial charge in [0.05, 0.1) is 5.69 Å². The molecule has 0 radical (unpaired) electrons. The number of rotatable bonds is 3. The summed E-state index contributed by atoms with van der Waals surface area (Å²) < 4.78 is 18.8. The van der Waals surface area contributed by atoms with Crippen LogP contribution in [0.1, 0.15) is 19.4 Å². The molecule has 108 valence electrons. The smallest absolute Gasteiger partial charge is 0.159 e. The second-order valence-electron chi connectivity index (χ2n) is 5.36. The number of halogens is 1. The molecule has 0 amide bonds. The van der Waals surface area contributed by atoms with Gasteiger partial charge in [0.1, 0.15) is 11.9 Å². The van der Waals surface area contributed by atoms with E-state index in [-0.39, 0.29) is 6.04 Å². The van der Waals surface area contributed by atoms with E-state index in [9.17, 15) is 4.39 Å². The van der Waals surface area contributed by atoms with Crippen molar-refractivity contribution in [2.24, 2.45) is 0 Å². The number of aromatic nitrogens is 1. The van der Waals surface area contributed by atoms with Gasteiger partial charge in [0, 0.05) is 35.4 Å². The molecule has 0 atom stereocenters. The molecule has 0 unspecified atom stereocenters. The lowest BCUT2D eigenvalue weighted by Gasteiger charge is -2.26. The summed E-state index contributed by atoms with van der Waals surface area (Å²) in [5.41, 5.74) is 3.50. The van der Waals surface area contributed by atoms with E-state index in [1.54, 1.807) is 12.4 Å². The Labute approximate surface area is 122 Å². The minimum Gasteiger partial charge on any atom is -0.454 e. The summed E-state index contributed by atoms with van der Waals surface area (Å²) in [5.74, 6) is 0. The maximum absolute atomic E-state index is 12.8. The van der Waals surface area contributed by atoms with Gasteiger partial charge < -0.3 is 9.32 Å². The number of fused-ring (bicyclic) bond motifs is 3. The van der Waals surface area contributed by atoms with Gasteiger partial charge >= 0.3 is 0 Å². The lowest BCUT2D eigenvalue weighted by Crippen LogP contribution is -2.25. The highest BCUT2D eigenvalue weighted by atomic mass is 19.1. The fourth-order valence-corrected chi connectivity index (χ4v) is 2.65. The standard InChI is InChI=1S/C17H17FN2O/c1-11(2)20(9-7-18)16-12(3)4-5-13-14-10-19-8-6-15(14)21-17(13)16/h4-11H,1-3H3/b9-7-. The van der Waals surface area contributed by atoms with Crippen molar-refractivity contribution in [2.45, 2.75) is 26.8 Å². The lowest BCUT2D eigenvalue weighted by molar-refractivity contribution is 0.660. The highest BCUT2D eigenvalue weighted by molar-refractivity contribution is 6.09. The molecule has 3 aromatic rings. The van der Waals surface area contributed by atoms with E-state index < -0.39 is 0 Å². The summed E-state index contributed by atoms with van der Waals surface area (Å²) in [6.45, 7) is 6.03. The summed E-state index contributed by atoms with van der Waals surface area (Å²) in [5, 5.41) is 1.97. The van der Waals surface area contributed by atoms with Gasteiger partial charge in [0.25, 0.3) is 0 Å². The van der Waals surface area contributed by atoms with Gasteiger partial charge in [0.15, 0.2) is 5.58 Å². The Morgan fingerprint density at radius 3 is 2.76 bits per heavy atom. The topological polar surface area (TPSA) is 29.3 Å². The number of benzene rings is 1. The van der Waals surface area contributed by atoms with Crippen LogP contribution in [0.25, 0.3) is 21.9 Å². The Morgan fingerprint density at radius 1 is 1.24 bits per heavy atom. The van der Waals surface area contributed by atoms with E-state index in [1.165, 1.54) is 6.20 Å². The summed E-state index contributed by atoms with van der Waals surface area (Å²) in [6.07, 6.45) is 5.50. The molecule has 1 aromatic carbocycles. The van der Waals surface area contributed by atoms with Crippen molar-refractivity contribution in [2.75, 3.05) is 4.90 Å². The molecule has 0 bridgehead atoms. The van der Waals surface area contributed by atoms with E-state index in [0.717, 1.165) is 33.2 Å². The van der Waals surface area contributed by atoms with Gasteiger partial charge in [-0.15, -0.1) is 0 Å². The SMILES string of the molecule is Cc1ccc2c(oc3ccncc32)c1N(/C=C\F)C(C)C. The number of hydrogen-bond donors (Lipinski definition) is 0. The van der Waals surface area contributed by atoms with Gasteiger partial charge in [-0.05, 0) is 32.4 Å². The molecule has 0 aliphatic rings. The minimum absolute atomic E-state index is 0.118. The summed E-state index contributed by atoms with van der Waals surface area (Å²) in [7, 11) is 0. The quantitative estimate of drug-likeness (QED) is 0.681. The molecule has 0 aliphatic carbocycles. The Hall–Kier alpha value is -2.36. The summed E-state index contributed by atoms with van der Waals surface area (Å²) in [4.78, 5) is 6.04. The molecule has 4 heteroatoms. The van der Waals surface area contributed by atoms with Crippen LogP contribution < -0.4 is 4.90 Å². The molecule has 21 heavy (non-hydrogen) atoms. The van der Waals surface area contributed by atoms with Gasteiger partial charge in [-0.25, -0.2) is 4.39 Å². The first-order valence-corrected chi connectivity index (χ1v) is 6.94. The zero-order valence-corrected chi connectivity index (χ0v) is 12.3. The Kier molecular flexibility index (Phi) is 3.37. The maximum atomic E-state index is 12.8. The molecular weight excluding hydrogens is 267 g/mol. The van der Waals surface area contributed by atoms with Crippen LogP contribution >= 0.6 is 0 Å². The molecule has 0 N–H and O–H groups in total. The summed E-state index contributed by atoms with van der Waals surface area (Å²) >= 11 is 0. The molecule has 0 saturated heterocycles. The van der Waals surface area contributed by atoms with Crippen LogP contribution in [-0.2, 0) is 0 Å². The van der Waals surface area contributed by atoms with Crippen LogP contribution in [0.15, 0.2) is 47.5 Å². The normalized spacial score (nSPS) is 12.0. The molecule has 2 aromatic heterocycles. The van der Waals surface area contributed by atoms with Crippen molar-refractivity contribution < 1.29 is 8.81 Å². The highest BCUT2D eigenvalue weighted by Gasteiger charge is 2.18. The van der Waals surface area contributed by atoms with Crippen molar-refractivity contribution in [3.05, 3.63) is 48.7 Å². The van der Waals surface area contributed by atoms with Crippen LogP contribution in [0.2, 0.25) is 0 Å². The third kappa shape index (κ3) is 2.17. The van der Waals surface area contributed by atoms with Gasteiger partial charge in [-0.2, -0.15) is 0 Å². The zero-order chi connectivity index (χ0) is 15.0. The third-order valence-corrected chi connectivity index (χ3v) is 3.65. The Bertz CT molecular complexity index is 820. The minimum atomic E-state index is 0.118. The van der Waals surface area contributed by atoms with E-state index >= 15 is 0 Å². The van der Waals surface area contributed by atoms with E-state index in [4.69, 9.17) is 4.42 Å². The fourth-order valence-electron chi connectivity index (χ4n) is 2.65. The molecule has 3 rings (SSSR count). The largest absolute Gasteiger partial charge is 0.454 e. The number of furan rings is 1. The second-order valence-corrected chi connectivity index (χ2v) is 5.36. The number of pyridine rings is 1. The lowest BCUT2D eigenvalue weighted by atomic mass is 10.1. The van der Waals surface area contributed by atoms with Crippen LogP contribution in [0.5, 0.6) is 0 Å². The molecule has 2 heterocycles. The van der Waals surface area contributed by atoms with Crippen molar-refractivity contribution in [3.8, 4) is 0 Å². The zero-order valence-electron chi connectivity index (χ0n) is 12.3. The Balaban J connectivity index is 2.37. The average Bonchev–Trinajstić information content (AvgIpc) is 2.83. The van der Waals surface area contributed by atoms with Crippen molar-refractivity contribution in [1.29, 1.82) is 0 Å². The predicted octanol–water partition coefficient (Wildman–Crippen LogP) is 4.94. The molecule has 3 nitrogen and oxygen atoms in total. The number of hydrogen-bond acceptors (Lipinski definition) is 3. The summed E-state index contributed by atoms with van der Waals surface area (Å²) in [6, 6.07) is 6.02. The van der Waals surface area contributed by atoms with E-state index in [0.29, 0.717) is 6.33 Å². The first-order chi connectivity index (χ1) is 10.1. The van der Waals surface area contributed by atoms with Crippen LogP contribution in [0.3, 0.4) is 0 Å². The molecule has 0 saturated carbocycles. The molecule has 0 fully saturated rings. The van der Waals surface area contributed by atoms with Gasteiger partial charge in [-0.1, -0.05) is 12.1 Å². The first kappa shape index (κ1) is 13.6. The second kappa shape index (κ2) is 5.20. The fraction of sp³-hybridized carbons (Fsp3) is 0.235. The Morgan fingerprint density at radius 2 is 2.05 bits per heavy atom. The van der Waals surface area contributed by atoms with Crippen molar-refractivity contribution in [1.82, 2.24) is 4.98 Å². The van der Waals surface area contributed by atoms with Gasteiger partial charge in [-0.3, -0.25) is 4.98 Å². The van der Waals surface area contributed by atoms with Crippen LogP contribution in [-0.4, -0.2) is 11.0 Å². The third-order valence-electron chi connectivity index (χ3n) is 3.65. The van der Waals surface area contributed by atoms with Crippen LogP contribution in [0, 0.1) is 6.92 Å². The van der Waals surface area contributed by atoms with Crippen molar-refractivity contribution in [3.63, 3.8) is 0 Å². The maximum Gasteiger partial charge on any atom is 0.159 e. The van der Waals surface area contributed by atoms with Crippen molar-refractivity contribution >= 4 is 27.6 Å². The van der Waals surface area contributed by atoms with E-state index in [1.807, 2.05) is 43.9 Å². The predicted molar refractivity (Wildman–Crippen MR) is 84.1 cm³/mol. The molecule has 0 spiro atoms. The first-order valence-electron chi connectivity index (χ1n) is 6.94. The highest BCUT2D eigenvalue weighted by Crippen LogP contribution is 2.37. The number of anilines is 1. The van der Waals surface area contributed by atoms with E-state index in [2.05, 4.69) is 4.98 Å². The molecular formula is C17H17FN2O. The van der Waals surface area contributed by atoms with Crippen LogP contribution in [0.4, 0.5) is 10.1 Å². The van der Waals surface area contributed by atoms with Gasteiger partial charge in [0.2, 0.25) is 0 Å². The number of aryl methyl sites for hydroxylation is 1. The average molecular weight is 284 g/mol. The molecule has 0 aliphatic heterocycles. The monoisotopic (exact) mass is 284 g/mol.